The maximum atomic E-state index is 11.1. The van der Waals surface area contributed by atoms with Crippen molar-refractivity contribution in [2.24, 2.45) is 5.73 Å². The second-order valence-electron chi connectivity index (χ2n) is 4.62. The summed E-state index contributed by atoms with van der Waals surface area (Å²) in [5.74, 6) is -3.50. The molecule has 126 valence electrons. The highest BCUT2D eigenvalue weighted by atomic mass is 32.1. The molecule has 0 aromatic rings. The van der Waals surface area contributed by atoms with E-state index in [1.54, 1.807) is 0 Å². The highest BCUT2D eigenvalue weighted by molar-refractivity contribution is 7.80. The van der Waals surface area contributed by atoms with Crippen molar-refractivity contribution < 1.29 is 29.7 Å². The maximum absolute atomic E-state index is 11.1. The van der Waals surface area contributed by atoms with E-state index in [2.05, 4.69) is 10.6 Å². The van der Waals surface area contributed by atoms with Gasteiger partial charge in [0.1, 0.15) is 12.1 Å². The molecule has 10 heteroatoms. The summed E-state index contributed by atoms with van der Waals surface area (Å²) in [5.41, 5.74) is 5.33. The van der Waals surface area contributed by atoms with Gasteiger partial charge in [-0.25, -0.2) is 9.59 Å². The summed E-state index contributed by atoms with van der Waals surface area (Å²) < 4.78 is 0. The summed E-state index contributed by atoms with van der Waals surface area (Å²) in [6, 6.07) is -2.16. The Hall–Kier alpha value is -1.94. The van der Waals surface area contributed by atoms with Gasteiger partial charge in [0.2, 0.25) is 0 Å². The summed E-state index contributed by atoms with van der Waals surface area (Å²) in [7, 11) is 0. The molecule has 9 nitrogen and oxygen atoms in total. The van der Waals surface area contributed by atoms with Gasteiger partial charge in [-0.2, -0.15) is 0 Å². The van der Waals surface area contributed by atoms with Crippen LogP contribution in [0.1, 0.15) is 32.1 Å². The topological polar surface area (TPSA) is 162 Å². The summed E-state index contributed by atoms with van der Waals surface area (Å²) in [4.78, 5) is 32.6. The number of nitrogens with two attached hydrogens (primary N) is 1. The lowest BCUT2D eigenvalue weighted by molar-refractivity contribution is -0.140. The number of aliphatic carboxylic acids is 3. The zero-order valence-corrected chi connectivity index (χ0v) is 12.8. The first-order valence-corrected chi connectivity index (χ1v) is 7.13. The molecule has 0 bridgehead atoms. The molecule has 0 fully saturated rings. The summed E-state index contributed by atoms with van der Waals surface area (Å²) in [6.07, 6.45) is 1.04. The highest BCUT2D eigenvalue weighted by Crippen LogP contribution is 2.02. The minimum Gasteiger partial charge on any atom is -0.481 e. The van der Waals surface area contributed by atoms with Crippen LogP contribution >= 0.6 is 12.2 Å². The molecule has 0 aliphatic rings. The predicted octanol–water partition coefficient (Wildman–Crippen LogP) is -0.649. The van der Waals surface area contributed by atoms with Crippen molar-refractivity contribution in [3.05, 3.63) is 0 Å². The largest absolute Gasteiger partial charge is 0.481 e. The van der Waals surface area contributed by atoms with Crippen LogP contribution in [0.25, 0.3) is 0 Å². The maximum Gasteiger partial charge on any atom is 0.326 e. The number of thiocarbonyl (C=S) groups is 1. The van der Waals surface area contributed by atoms with Gasteiger partial charge in [-0.3, -0.25) is 4.79 Å². The van der Waals surface area contributed by atoms with Crippen LogP contribution in [0.2, 0.25) is 0 Å². The van der Waals surface area contributed by atoms with E-state index in [0.29, 0.717) is 25.8 Å². The molecule has 2 atom stereocenters. The molecule has 0 aromatic heterocycles. The fraction of sp³-hybridized carbons (Fsp3) is 0.667. The standard InChI is InChI=1S/C12H21N3O6S/c13-6-2-1-3-7(10(18)19)14-12(22)15-8(11(20)21)4-5-9(16)17/h7-8H,1-6,13H2,(H,16,17)(H,18,19)(H,20,21)(H2,14,15,22)/t7-,8-/m0/s1. The van der Waals surface area contributed by atoms with Crippen LogP contribution in [0.15, 0.2) is 0 Å². The number of unbranched alkanes of at least 4 members (excludes halogenated alkanes) is 1. The number of carboxylic acids is 3. The van der Waals surface area contributed by atoms with E-state index in [0.717, 1.165) is 0 Å². The van der Waals surface area contributed by atoms with Crippen LogP contribution < -0.4 is 16.4 Å². The molecular formula is C12H21N3O6S. The van der Waals surface area contributed by atoms with E-state index in [1.807, 2.05) is 0 Å². The van der Waals surface area contributed by atoms with Gasteiger partial charge >= 0.3 is 17.9 Å². The quantitative estimate of drug-likeness (QED) is 0.211. The third-order valence-corrected chi connectivity index (χ3v) is 3.04. The van der Waals surface area contributed by atoms with Gasteiger partial charge < -0.3 is 31.7 Å². The number of nitrogens with one attached hydrogen (secondary N) is 2. The van der Waals surface area contributed by atoms with Crippen LogP contribution in [0, 0.1) is 0 Å². The Morgan fingerprint density at radius 2 is 1.45 bits per heavy atom. The second-order valence-corrected chi connectivity index (χ2v) is 5.02. The van der Waals surface area contributed by atoms with Crippen molar-refractivity contribution in [2.45, 2.75) is 44.2 Å². The van der Waals surface area contributed by atoms with Crippen molar-refractivity contribution in [3.8, 4) is 0 Å². The van der Waals surface area contributed by atoms with Gasteiger partial charge in [0.25, 0.3) is 0 Å². The molecule has 0 aliphatic carbocycles. The third kappa shape index (κ3) is 9.08. The first-order chi connectivity index (χ1) is 10.3. The normalized spacial score (nSPS) is 13.0. The van der Waals surface area contributed by atoms with Crippen molar-refractivity contribution in [1.29, 1.82) is 0 Å². The molecule has 0 aliphatic heterocycles. The first-order valence-electron chi connectivity index (χ1n) is 6.72. The van der Waals surface area contributed by atoms with Crippen LogP contribution in [0.5, 0.6) is 0 Å². The lowest BCUT2D eigenvalue weighted by atomic mass is 10.1. The molecule has 0 heterocycles. The summed E-state index contributed by atoms with van der Waals surface area (Å²) in [5, 5.41) is 31.4. The number of carbonyl (C=O) groups is 3. The molecule has 0 amide bonds. The number of hydrogen-bond donors (Lipinski definition) is 6. The first kappa shape index (κ1) is 20.1. The third-order valence-electron chi connectivity index (χ3n) is 2.80. The van der Waals surface area contributed by atoms with E-state index >= 15 is 0 Å². The molecule has 0 spiro atoms. The van der Waals surface area contributed by atoms with E-state index in [9.17, 15) is 14.4 Å². The molecule has 22 heavy (non-hydrogen) atoms. The van der Waals surface area contributed by atoms with Crippen molar-refractivity contribution in [2.75, 3.05) is 6.54 Å². The molecule has 0 aromatic carbocycles. The smallest absolute Gasteiger partial charge is 0.326 e. The van der Waals surface area contributed by atoms with Gasteiger partial charge in [-0.05, 0) is 44.4 Å². The molecule has 0 radical (unpaired) electrons. The Morgan fingerprint density at radius 3 is 1.86 bits per heavy atom. The zero-order valence-electron chi connectivity index (χ0n) is 11.9. The minimum absolute atomic E-state index is 0.141. The lowest BCUT2D eigenvalue weighted by Crippen LogP contribution is -2.51. The van der Waals surface area contributed by atoms with Gasteiger partial charge in [-0.1, -0.05) is 0 Å². The Kier molecular flexibility index (Phi) is 9.79. The molecular weight excluding hydrogens is 314 g/mol. The lowest BCUT2D eigenvalue weighted by Gasteiger charge is -2.20. The molecule has 7 N–H and O–H groups in total. The van der Waals surface area contributed by atoms with Gasteiger partial charge in [-0.15, -0.1) is 0 Å². The Labute approximate surface area is 132 Å². The SMILES string of the molecule is NCCCC[C@H](NC(=S)N[C@@H](CCC(=O)O)C(=O)O)C(=O)O. The fourth-order valence-corrected chi connectivity index (χ4v) is 1.92. The highest BCUT2D eigenvalue weighted by Gasteiger charge is 2.22. The van der Waals surface area contributed by atoms with Crippen molar-refractivity contribution in [1.82, 2.24) is 10.6 Å². The Bertz CT molecular complexity index is 418. The van der Waals surface area contributed by atoms with Crippen LogP contribution in [-0.2, 0) is 14.4 Å². The van der Waals surface area contributed by atoms with Crippen LogP contribution in [0.4, 0.5) is 0 Å². The second kappa shape index (κ2) is 10.7. The molecule has 0 saturated heterocycles. The molecule has 0 rings (SSSR count). The average Bonchev–Trinajstić information content (AvgIpc) is 2.41. The van der Waals surface area contributed by atoms with Gasteiger partial charge in [0.05, 0.1) is 0 Å². The number of carboxylic acid groups (broad SMARTS) is 3. The number of hydrogen-bond acceptors (Lipinski definition) is 5. The van der Waals surface area contributed by atoms with Crippen molar-refractivity contribution in [3.63, 3.8) is 0 Å². The fourth-order valence-electron chi connectivity index (χ4n) is 1.63. The molecule has 0 saturated carbocycles. The van der Waals surface area contributed by atoms with Gasteiger partial charge in [0, 0.05) is 6.42 Å². The van der Waals surface area contributed by atoms with E-state index in [4.69, 9.17) is 33.3 Å². The van der Waals surface area contributed by atoms with Crippen molar-refractivity contribution >= 4 is 35.2 Å². The van der Waals surface area contributed by atoms with Crippen LogP contribution in [-0.4, -0.2) is 57.0 Å². The van der Waals surface area contributed by atoms with Crippen LogP contribution in [0.3, 0.4) is 0 Å². The average molecular weight is 335 g/mol. The zero-order chi connectivity index (χ0) is 17.1. The van der Waals surface area contributed by atoms with E-state index in [-0.39, 0.29) is 18.0 Å². The summed E-state index contributed by atoms with van der Waals surface area (Å²) >= 11 is 4.88. The Balaban J connectivity index is 4.47. The molecule has 0 unspecified atom stereocenters. The monoisotopic (exact) mass is 335 g/mol. The number of rotatable bonds is 11. The Morgan fingerprint density at radius 1 is 0.955 bits per heavy atom. The van der Waals surface area contributed by atoms with E-state index < -0.39 is 30.0 Å². The predicted molar refractivity (Wildman–Crippen MR) is 81.5 cm³/mol. The van der Waals surface area contributed by atoms with Gasteiger partial charge in [0.15, 0.2) is 5.11 Å². The minimum atomic E-state index is -1.26. The van der Waals surface area contributed by atoms with E-state index in [1.165, 1.54) is 0 Å². The summed E-state index contributed by atoms with van der Waals surface area (Å²) in [6.45, 7) is 0.450.